The zero-order valence-electron chi connectivity index (χ0n) is 12.0. The molecule has 2 N–H and O–H groups in total. The monoisotopic (exact) mass is 296 g/mol. The largest absolute Gasteiger partial charge is 0.361 e. The van der Waals surface area contributed by atoms with E-state index in [4.69, 9.17) is 0 Å². The first-order chi connectivity index (χ1) is 10.7. The van der Waals surface area contributed by atoms with Gasteiger partial charge >= 0.3 is 0 Å². The summed E-state index contributed by atoms with van der Waals surface area (Å²) in [6, 6.07) is 9.38. The van der Waals surface area contributed by atoms with Crippen LogP contribution >= 0.6 is 0 Å². The number of hydrogen-bond donors (Lipinski definition) is 2. The van der Waals surface area contributed by atoms with Gasteiger partial charge in [0.25, 0.3) is 5.56 Å². The lowest BCUT2D eigenvalue weighted by Crippen LogP contribution is -2.33. The zero-order chi connectivity index (χ0) is 15.4. The van der Waals surface area contributed by atoms with Crippen molar-refractivity contribution in [3.63, 3.8) is 0 Å². The van der Waals surface area contributed by atoms with Crippen LogP contribution in [0.15, 0.2) is 53.8 Å². The molecule has 3 rings (SSSR count). The Labute approximate surface area is 126 Å². The van der Waals surface area contributed by atoms with Crippen LogP contribution in [0.2, 0.25) is 0 Å². The van der Waals surface area contributed by atoms with Gasteiger partial charge in [0.2, 0.25) is 5.91 Å². The van der Waals surface area contributed by atoms with E-state index in [2.05, 4.69) is 21.4 Å². The van der Waals surface area contributed by atoms with Gasteiger partial charge in [0.05, 0.1) is 6.33 Å². The number of hydrogen-bond acceptors (Lipinski definition) is 3. The van der Waals surface area contributed by atoms with Crippen molar-refractivity contribution in [1.82, 2.24) is 19.9 Å². The minimum Gasteiger partial charge on any atom is -0.361 e. The Bertz CT molecular complexity index is 850. The van der Waals surface area contributed by atoms with Gasteiger partial charge in [-0.15, -0.1) is 0 Å². The summed E-state index contributed by atoms with van der Waals surface area (Å²) in [6.07, 6.45) is 5.47. The predicted molar refractivity (Wildman–Crippen MR) is 83.5 cm³/mol. The predicted octanol–water partition coefficient (Wildman–Crippen LogP) is 1.08. The summed E-state index contributed by atoms with van der Waals surface area (Å²) in [5, 5.41) is 3.99. The lowest BCUT2D eigenvalue weighted by atomic mass is 10.1. The number of rotatable bonds is 5. The number of carbonyl (C=O) groups excluding carboxylic acids is 1. The molecule has 0 saturated carbocycles. The molecule has 3 aromatic rings. The van der Waals surface area contributed by atoms with Crippen molar-refractivity contribution < 1.29 is 4.79 Å². The van der Waals surface area contributed by atoms with E-state index < -0.39 is 0 Å². The highest BCUT2D eigenvalue weighted by Crippen LogP contribution is 2.17. The molecule has 6 heteroatoms. The van der Waals surface area contributed by atoms with Gasteiger partial charge in [-0.05, 0) is 18.1 Å². The van der Waals surface area contributed by atoms with Gasteiger partial charge in [-0.1, -0.05) is 18.2 Å². The van der Waals surface area contributed by atoms with Crippen molar-refractivity contribution in [2.75, 3.05) is 6.54 Å². The fourth-order valence-electron chi connectivity index (χ4n) is 2.38. The molecule has 112 valence electrons. The summed E-state index contributed by atoms with van der Waals surface area (Å²) in [4.78, 5) is 30.4. The number of nitrogens with one attached hydrogen (secondary N) is 2. The van der Waals surface area contributed by atoms with E-state index in [0.717, 1.165) is 17.5 Å². The van der Waals surface area contributed by atoms with E-state index in [9.17, 15) is 9.59 Å². The molecule has 0 bridgehead atoms. The molecular weight excluding hydrogens is 280 g/mol. The van der Waals surface area contributed by atoms with Crippen LogP contribution in [0.25, 0.3) is 10.9 Å². The molecule has 0 radical (unpaired) electrons. The van der Waals surface area contributed by atoms with Crippen molar-refractivity contribution in [3.05, 3.63) is 65.0 Å². The number of aromatic amines is 1. The summed E-state index contributed by atoms with van der Waals surface area (Å²) in [6.45, 7) is 0.510. The van der Waals surface area contributed by atoms with Crippen LogP contribution in [-0.4, -0.2) is 27.0 Å². The number of aromatic nitrogens is 3. The Balaban J connectivity index is 1.56. The fraction of sp³-hybridized carbons (Fsp3) is 0.188. The highest BCUT2D eigenvalue weighted by Gasteiger charge is 2.06. The summed E-state index contributed by atoms with van der Waals surface area (Å²) in [5.41, 5.74) is 2.02. The zero-order valence-corrected chi connectivity index (χ0v) is 12.0. The molecule has 0 aliphatic heterocycles. The Kier molecular flexibility index (Phi) is 4.00. The summed E-state index contributed by atoms with van der Waals surface area (Å²) in [7, 11) is 0. The quantitative estimate of drug-likeness (QED) is 0.739. The van der Waals surface area contributed by atoms with Crippen molar-refractivity contribution in [1.29, 1.82) is 0 Å². The third kappa shape index (κ3) is 3.06. The first kappa shape index (κ1) is 14.1. The molecule has 2 aromatic heterocycles. The van der Waals surface area contributed by atoms with Gasteiger partial charge in [-0.3, -0.25) is 14.2 Å². The van der Waals surface area contributed by atoms with E-state index in [1.54, 1.807) is 0 Å². The van der Waals surface area contributed by atoms with E-state index in [0.29, 0.717) is 6.54 Å². The molecule has 0 aliphatic carbocycles. The van der Waals surface area contributed by atoms with Crippen LogP contribution in [0, 0.1) is 0 Å². The standard InChI is InChI=1S/C16H16N4O2/c21-15(10-20-11-17-7-6-16(20)22)18-8-5-12-9-19-14-4-2-1-3-13(12)14/h1-4,6-7,9,11,19H,5,8,10H2,(H,18,21). The van der Waals surface area contributed by atoms with Crippen molar-refractivity contribution in [3.8, 4) is 0 Å². The number of carbonyl (C=O) groups is 1. The molecule has 6 nitrogen and oxygen atoms in total. The average molecular weight is 296 g/mol. The number of benzene rings is 1. The van der Waals surface area contributed by atoms with E-state index in [1.165, 1.54) is 28.5 Å². The summed E-state index contributed by atoms with van der Waals surface area (Å²) in [5.74, 6) is -0.199. The van der Waals surface area contributed by atoms with Gasteiger partial charge in [0.1, 0.15) is 6.54 Å². The highest BCUT2D eigenvalue weighted by molar-refractivity contribution is 5.83. The van der Waals surface area contributed by atoms with Crippen LogP contribution in [0.4, 0.5) is 0 Å². The Morgan fingerprint density at radius 2 is 2.14 bits per heavy atom. The van der Waals surface area contributed by atoms with Crippen LogP contribution in [0.5, 0.6) is 0 Å². The third-order valence-corrected chi connectivity index (χ3v) is 3.50. The van der Waals surface area contributed by atoms with Gasteiger partial charge in [-0.2, -0.15) is 0 Å². The average Bonchev–Trinajstić information content (AvgIpc) is 2.93. The Morgan fingerprint density at radius 3 is 3.00 bits per heavy atom. The first-order valence-electron chi connectivity index (χ1n) is 7.06. The third-order valence-electron chi connectivity index (χ3n) is 3.50. The Hall–Kier alpha value is -2.89. The van der Waals surface area contributed by atoms with E-state index in [-0.39, 0.29) is 18.0 Å². The van der Waals surface area contributed by atoms with Gasteiger partial charge in [0, 0.05) is 35.9 Å². The van der Waals surface area contributed by atoms with Crippen molar-refractivity contribution in [2.45, 2.75) is 13.0 Å². The second kappa shape index (κ2) is 6.26. The molecule has 0 atom stereocenters. The van der Waals surface area contributed by atoms with Gasteiger partial charge in [0.15, 0.2) is 0 Å². The fourth-order valence-corrected chi connectivity index (χ4v) is 2.38. The molecule has 0 aliphatic rings. The number of para-hydroxylation sites is 1. The molecule has 0 saturated heterocycles. The lowest BCUT2D eigenvalue weighted by Gasteiger charge is -2.06. The van der Waals surface area contributed by atoms with Gasteiger partial charge in [-0.25, -0.2) is 4.98 Å². The summed E-state index contributed by atoms with van der Waals surface area (Å²) < 4.78 is 1.28. The molecule has 1 amide bonds. The molecule has 2 heterocycles. The van der Waals surface area contributed by atoms with Crippen LogP contribution in [-0.2, 0) is 17.8 Å². The minimum atomic E-state index is -0.234. The Morgan fingerprint density at radius 1 is 1.27 bits per heavy atom. The van der Waals surface area contributed by atoms with Crippen LogP contribution in [0.1, 0.15) is 5.56 Å². The topological polar surface area (TPSA) is 79.8 Å². The number of fused-ring (bicyclic) bond motifs is 1. The normalized spacial score (nSPS) is 10.7. The smallest absolute Gasteiger partial charge is 0.253 e. The minimum absolute atomic E-state index is 0.0133. The summed E-state index contributed by atoms with van der Waals surface area (Å²) >= 11 is 0. The number of nitrogens with zero attached hydrogens (tertiary/aromatic N) is 2. The van der Waals surface area contributed by atoms with E-state index >= 15 is 0 Å². The maximum atomic E-state index is 11.9. The molecule has 0 fully saturated rings. The highest BCUT2D eigenvalue weighted by atomic mass is 16.2. The first-order valence-corrected chi connectivity index (χ1v) is 7.06. The van der Waals surface area contributed by atoms with Crippen molar-refractivity contribution in [2.24, 2.45) is 0 Å². The number of H-pyrrole nitrogens is 1. The maximum Gasteiger partial charge on any atom is 0.253 e. The second-order valence-corrected chi connectivity index (χ2v) is 5.01. The van der Waals surface area contributed by atoms with Gasteiger partial charge < -0.3 is 10.3 Å². The van der Waals surface area contributed by atoms with Crippen molar-refractivity contribution >= 4 is 16.8 Å². The molecule has 1 aromatic carbocycles. The molecular formula is C16H16N4O2. The number of amides is 1. The molecule has 0 spiro atoms. The molecule has 0 unspecified atom stereocenters. The second-order valence-electron chi connectivity index (χ2n) is 5.01. The SMILES string of the molecule is O=C(Cn1cnccc1=O)NCCc1c[nH]c2ccccc12. The maximum absolute atomic E-state index is 11.9. The molecule has 22 heavy (non-hydrogen) atoms. The van der Waals surface area contributed by atoms with Crippen LogP contribution < -0.4 is 10.9 Å². The lowest BCUT2D eigenvalue weighted by molar-refractivity contribution is -0.121. The van der Waals surface area contributed by atoms with E-state index in [1.807, 2.05) is 24.4 Å². The van der Waals surface area contributed by atoms with Crippen LogP contribution in [0.3, 0.4) is 0 Å².